The number of para-hydroxylation sites is 2. The molecule has 0 aliphatic carbocycles. The van der Waals surface area contributed by atoms with Crippen LogP contribution in [0, 0.1) is 12.8 Å². The first kappa shape index (κ1) is 16.5. The van der Waals surface area contributed by atoms with E-state index in [1.54, 1.807) is 0 Å². The van der Waals surface area contributed by atoms with Gasteiger partial charge in [-0.3, -0.25) is 4.90 Å². The van der Waals surface area contributed by atoms with Crippen LogP contribution in [-0.2, 0) is 13.1 Å². The number of aromatic nitrogens is 4. The maximum Gasteiger partial charge on any atom is 0.137 e. The number of hydrogen-bond acceptors (Lipinski definition) is 3. The summed E-state index contributed by atoms with van der Waals surface area (Å²) in [7, 11) is 0. The molecule has 0 amide bonds. The highest BCUT2D eigenvalue weighted by molar-refractivity contribution is 5.75. The Morgan fingerprint density at radius 3 is 2.67 bits per heavy atom. The number of likely N-dealkylation sites (tertiary alicyclic amines) is 1. The number of piperidine rings is 1. The summed E-state index contributed by atoms with van der Waals surface area (Å²) in [4.78, 5) is 12.0. The van der Waals surface area contributed by atoms with Crippen LogP contribution in [0.3, 0.4) is 0 Å². The van der Waals surface area contributed by atoms with Crippen molar-refractivity contribution in [3.63, 3.8) is 0 Å². The summed E-state index contributed by atoms with van der Waals surface area (Å²) in [5, 5.41) is 0. The van der Waals surface area contributed by atoms with Crippen molar-refractivity contribution in [3.8, 4) is 0 Å². The number of hydrogen-bond donors (Lipinski definition) is 0. The van der Waals surface area contributed by atoms with Crippen molar-refractivity contribution in [2.45, 2.75) is 32.9 Å². The molecule has 0 saturated carbocycles. The fourth-order valence-corrected chi connectivity index (χ4v) is 4.30. The molecule has 3 aromatic heterocycles. The predicted octanol–water partition coefficient (Wildman–Crippen LogP) is 3.90. The fourth-order valence-electron chi connectivity index (χ4n) is 4.30. The van der Waals surface area contributed by atoms with Crippen molar-refractivity contribution >= 4 is 16.7 Å². The molecule has 4 heterocycles. The topological polar surface area (TPSA) is 38.4 Å². The van der Waals surface area contributed by atoms with E-state index in [0.29, 0.717) is 0 Å². The molecule has 0 N–H and O–H groups in total. The molecule has 1 aromatic carbocycles. The van der Waals surface area contributed by atoms with Gasteiger partial charge in [0.1, 0.15) is 11.5 Å². The smallest absolute Gasteiger partial charge is 0.137 e. The van der Waals surface area contributed by atoms with E-state index in [-0.39, 0.29) is 0 Å². The van der Waals surface area contributed by atoms with Gasteiger partial charge in [-0.1, -0.05) is 18.2 Å². The maximum atomic E-state index is 4.74. The molecule has 1 saturated heterocycles. The van der Waals surface area contributed by atoms with Crippen molar-refractivity contribution in [2.75, 3.05) is 13.1 Å². The summed E-state index contributed by atoms with van der Waals surface area (Å²) in [6, 6.07) is 14.6. The molecule has 1 fully saturated rings. The summed E-state index contributed by atoms with van der Waals surface area (Å²) >= 11 is 0. The average molecular weight is 359 g/mol. The summed E-state index contributed by atoms with van der Waals surface area (Å²) in [6.07, 6.45) is 6.69. The van der Waals surface area contributed by atoms with Gasteiger partial charge in [0.25, 0.3) is 0 Å². The van der Waals surface area contributed by atoms with Gasteiger partial charge in [-0.25, -0.2) is 9.97 Å². The Bertz CT molecular complexity index is 1040. The quantitative estimate of drug-likeness (QED) is 0.555. The molecule has 27 heavy (non-hydrogen) atoms. The second kappa shape index (κ2) is 6.82. The molecule has 5 rings (SSSR count). The Labute approximate surface area is 159 Å². The summed E-state index contributed by atoms with van der Waals surface area (Å²) in [5.41, 5.74) is 4.57. The van der Waals surface area contributed by atoms with Crippen molar-refractivity contribution < 1.29 is 0 Å². The highest BCUT2D eigenvalue weighted by Gasteiger charge is 2.21. The van der Waals surface area contributed by atoms with E-state index in [0.717, 1.165) is 54.8 Å². The highest BCUT2D eigenvalue weighted by Crippen LogP contribution is 2.24. The molecule has 5 nitrogen and oxygen atoms in total. The van der Waals surface area contributed by atoms with E-state index in [2.05, 4.69) is 63.5 Å². The number of benzene rings is 1. The third-order valence-electron chi connectivity index (χ3n) is 5.79. The van der Waals surface area contributed by atoms with Gasteiger partial charge in [0.05, 0.1) is 16.7 Å². The van der Waals surface area contributed by atoms with Crippen LogP contribution < -0.4 is 0 Å². The first-order valence-corrected chi connectivity index (χ1v) is 9.83. The van der Waals surface area contributed by atoms with Gasteiger partial charge >= 0.3 is 0 Å². The zero-order valence-electron chi connectivity index (χ0n) is 15.8. The highest BCUT2D eigenvalue weighted by atomic mass is 15.2. The van der Waals surface area contributed by atoms with Crippen LogP contribution in [0.1, 0.15) is 24.4 Å². The fraction of sp³-hybridized carbons (Fsp3) is 0.364. The lowest BCUT2D eigenvalue weighted by atomic mass is 9.96. The molecular weight excluding hydrogens is 334 g/mol. The Balaban J connectivity index is 1.23. The average Bonchev–Trinajstić information content (AvgIpc) is 3.23. The Hall–Kier alpha value is -2.66. The molecule has 0 unspecified atom stereocenters. The van der Waals surface area contributed by atoms with E-state index in [1.807, 2.05) is 12.1 Å². The van der Waals surface area contributed by atoms with Crippen molar-refractivity contribution in [2.24, 2.45) is 5.92 Å². The lowest BCUT2D eigenvalue weighted by Crippen LogP contribution is -2.34. The predicted molar refractivity (Wildman–Crippen MR) is 108 cm³/mol. The van der Waals surface area contributed by atoms with Crippen LogP contribution in [0.15, 0.2) is 54.9 Å². The lowest BCUT2D eigenvalue weighted by molar-refractivity contribution is 0.166. The first-order chi connectivity index (χ1) is 13.3. The van der Waals surface area contributed by atoms with Crippen molar-refractivity contribution in [3.05, 3.63) is 66.4 Å². The number of nitrogens with zero attached hydrogens (tertiary/aromatic N) is 5. The summed E-state index contributed by atoms with van der Waals surface area (Å²) in [5.74, 6) is 1.85. The molecule has 0 radical (unpaired) electrons. The van der Waals surface area contributed by atoms with Crippen LogP contribution in [-0.4, -0.2) is 36.9 Å². The van der Waals surface area contributed by atoms with Gasteiger partial charge in [0.15, 0.2) is 0 Å². The Morgan fingerprint density at radius 1 is 1.00 bits per heavy atom. The van der Waals surface area contributed by atoms with E-state index < -0.39 is 0 Å². The molecule has 0 bridgehead atoms. The number of pyridine rings is 1. The van der Waals surface area contributed by atoms with Gasteiger partial charge in [0.2, 0.25) is 0 Å². The van der Waals surface area contributed by atoms with Gasteiger partial charge in [-0.05, 0) is 63.0 Å². The van der Waals surface area contributed by atoms with Crippen molar-refractivity contribution in [1.29, 1.82) is 0 Å². The van der Waals surface area contributed by atoms with Gasteiger partial charge in [0, 0.05) is 25.5 Å². The molecule has 0 atom stereocenters. The normalized spacial score (nSPS) is 16.5. The van der Waals surface area contributed by atoms with E-state index in [1.165, 1.54) is 18.4 Å². The van der Waals surface area contributed by atoms with Crippen LogP contribution in [0.25, 0.3) is 16.7 Å². The zero-order valence-corrected chi connectivity index (χ0v) is 15.8. The standard InChI is InChI=1S/C22H25N5/c1-17-23-20-6-2-3-7-21(20)27(17)14-18-9-12-25(13-10-18)15-19-16-26-11-5-4-8-22(26)24-19/h2-8,11,16,18H,9-10,12-15H2,1H3. The first-order valence-electron chi connectivity index (χ1n) is 9.83. The molecule has 4 aromatic rings. The minimum atomic E-state index is 0.721. The molecular formula is C22H25N5. The second-order valence-corrected chi connectivity index (χ2v) is 7.68. The van der Waals surface area contributed by atoms with Crippen LogP contribution in [0.5, 0.6) is 0 Å². The SMILES string of the molecule is Cc1nc2ccccc2n1CC1CCN(Cc2cn3ccccc3n2)CC1. The van der Waals surface area contributed by atoms with Crippen LogP contribution in [0.4, 0.5) is 0 Å². The van der Waals surface area contributed by atoms with Crippen LogP contribution in [0.2, 0.25) is 0 Å². The number of rotatable bonds is 4. The van der Waals surface area contributed by atoms with E-state index in [4.69, 9.17) is 9.97 Å². The van der Waals surface area contributed by atoms with Gasteiger partial charge in [-0.2, -0.15) is 0 Å². The third kappa shape index (κ3) is 3.23. The summed E-state index contributed by atoms with van der Waals surface area (Å²) < 4.78 is 4.51. The van der Waals surface area contributed by atoms with Crippen LogP contribution >= 0.6 is 0 Å². The van der Waals surface area contributed by atoms with Gasteiger partial charge < -0.3 is 8.97 Å². The molecule has 5 heteroatoms. The Morgan fingerprint density at radius 2 is 1.81 bits per heavy atom. The number of imidazole rings is 2. The maximum absolute atomic E-state index is 4.74. The van der Waals surface area contributed by atoms with Crippen molar-refractivity contribution in [1.82, 2.24) is 23.8 Å². The van der Waals surface area contributed by atoms with E-state index >= 15 is 0 Å². The third-order valence-corrected chi connectivity index (χ3v) is 5.79. The van der Waals surface area contributed by atoms with Gasteiger partial charge in [-0.15, -0.1) is 0 Å². The number of aryl methyl sites for hydroxylation is 1. The molecule has 138 valence electrons. The minimum absolute atomic E-state index is 0.721. The summed E-state index contributed by atoms with van der Waals surface area (Å²) in [6.45, 7) is 6.43. The monoisotopic (exact) mass is 359 g/mol. The molecule has 1 aliphatic heterocycles. The zero-order chi connectivity index (χ0) is 18.2. The second-order valence-electron chi connectivity index (χ2n) is 7.68. The van der Waals surface area contributed by atoms with E-state index in [9.17, 15) is 0 Å². The number of fused-ring (bicyclic) bond motifs is 2. The Kier molecular flexibility index (Phi) is 4.17. The molecule has 0 spiro atoms. The molecule has 1 aliphatic rings. The lowest BCUT2D eigenvalue weighted by Gasteiger charge is -2.31. The largest absolute Gasteiger partial charge is 0.328 e. The minimum Gasteiger partial charge on any atom is -0.328 e.